The molecule has 0 aliphatic rings. The smallest absolute Gasteiger partial charge is 0.420 e. The second kappa shape index (κ2) is 24.2. The van der Waals surface area contributed by atoms with Gasteiger partial charge in [-0.1, -0.05) is 204 Å². The van der Waals surface area contributed by atoms with Gasteiger partial charge in [-0.25, -0.2) is 9.59 Å². The van der Waals surface area contributed by atoms with E-state index in [0.29, 0.717) is 24.2 Å². The first kappa shape index (κ1) is 45.2. The molecule has 0 spiro atoms. The number of hydrogen-bond acceptors (Lipinski definition) is 9. The molecule has 0 saturated carbocycles. The van der Waals surface area contributed by atoms with Crippen LogP contribution in [-0.2, 0) is 58.5 Å². The minimum Gasteiger partial charge on any atom is -0.444 e. The summed E-state index contributed by atoms with van der Waals surface area (Å²) >= 11 is 0. The summed E-state index contributed by atoms with van der Waals surface area (Å²) in [4.78, 5) is 61.6. The Kier molecular flexibility index (Phi) is 17.6. The van der Waals surface area contributed by atoms with Gasteiger partial charge in [0.05, 0.1) is 6.04 Å². The highest BCUT2D eigenvalue weighted by Gasteiger charge is 2.40. The molecule has 0 fully saturated rings. The van der Waals surface area contributed by atoms with E-state index >= 15 is 4.79 Å². The standard InChI is InChI=1S/C50H50N4O6S2/c51-45(47(55)52(31-39-19-7-1-8-20-39)32-40-21-9-2-10-22-40)37-61-62-38-46(48(56)53(33-41-23-11-3-12-24-41)34-42-25-13-4-14-26-42)54(49(57)59-35-43-27-15-5-16-28-43)50(58)60-36-44-29-17-6-18-30-44/h1-30,45-46H,31-38,51H2/t45?,46-/m0/s1. The average molecular weight is 867 g/mol. The monoisotopic (exact) mass is 866 g/mol. The molecule has 2 N–H and O–H groups in total. The Morgan fingerprint density at radius 1 is 0.419 bits per heavy atom. The lowest BCUT2D eigenvalue weighted by Gasteiger charge is -2.32. The van der Waals surface area contributed by atoms with Crippen LogP contribution in [0.1, 0.15) is 33.4 Å². The number of nitrogens with two attached hydrogens (primary N) is 1. The Morgan fingerprint density at radius 3 is 1.05 bits per heavy atom. The predicted octanol–water partition coefficient (Wildman–Crippen LogP) is 9.50. The maximum Gasteiger partial charge on any atom is 0.420 e. The van der Waals surface area contributed by atoms with Gasteiger partial charge in [0, 0.05) is 37.7 Å². The molecule has 0 aliphatic heterocycles. The second-order valence-corrected chi connectivity index (χ2v) is 17.0. The molecule has 62 heavy (non-hydrogen) atoms. The van der Waals surface area contributed by atoms with E-state index in [-0.39, 0.29) is 43.7 Å². The van der Waals surface area contributed by atoms with Crippen LogP contribution in [0.5, 0.6) is 0 Å². The van der Waals surface area contributed by atoms with Crippen molar-refractivity contribution in [1.29, 1.82) is 0 Å². The molecule has 0 bridgehead atoms. The Bertz CT molecular complexity index is 2140. The van der Waals surface area contributed by atoms with Crippen LogP contribution < -0.4 is 5.73 Å². The number of benzene rings is 6. The third-order valence-electron chi connectivity index (χ3n) is 9.76. The number of carbonyl (C=O) groups excluding carboxylic acids is 4. The highest BCUT2D eigenvalue weighted by molar-refractivity contribution is 8.76. The van der Waals surface area contributed by atoms with Gasteiger partial charge in [0.1, 0.15) is 19.3 Å². The van der Waals surface area contributed by atoms with E-state index in [9.17, 15) is 14.4 Å². The first-order chi connectivity index (χ1) is 30.3. The SMILES string of the molecule is NC(CSSC[C@@H](C(=O)N(Cc1ccccc1)Cc1ccccc1)N(C(=O)OCc1ccccc1)C(=O)OCc1ccccc1)C(=O)N(Cc1ccccc1)Cc1ccccc1. The fourth-order valence-electron chi connectivity index (χ4n) is 6.55. The molecule has 0 heterocycles. The number of nitrogens with zero attached hydrogens (tertiary/aromatic N) is 3. The minimum atomic E-state index is -1.37. The van der Waals surface area contributed by atoms with E-state index in [1.54, 1.807) is 34.1 Å². The van der Waals surface area contributed by atoms with Crippen molar-refractivity contribution >= 4 is 45.6 Å². The van der Waals surface area contributed by atoms with Crippen LogP contribution in [0.3, 0.4) is 0 Å². The zero-order valence-corrected chi connectivity index (χ0v) is 36.0. The highest BCUT2D eigenvalue weighted by Crippen LogP contribution is 2.28. The van der Waals surface area contributed by atoms with Gasteiger partial charge in [-0.3, -0.25) is 9.59 Å². The van der Waals surface area contributed by atoms with E-state index in [4.69, 9.17) is 15.2 Å². The van der Waals surface area contributed by atoms with Crippen molar-refractivity contribution in [2.45, 2.75) is 51.5 Å². The molecule has 2 atom stereocenters. The Balaban J connectivity index is 1.25. The summed E-state index contributed by atoms with van der Waals surface area (Å²) in [5.74, 6) is -0.579. The van der Waals surface area contributed by atoms with Crippen LogP contribution in [-0.4, -0.2) is 62.3 Å². The van der Waals surface area contributed by atoms with Crippen LogP contribution >= 0.6 is 21.6 Å². The van der Waals surface area contributed by atoms with Crippen LogP contribution in [0.25, 0.3) is 0 Å². The molecular formula is C50H50N4O6S2. The lowest BCUT2D eigenvalue weighted by molar-refractivity contribution is -0.136. The fraction of sp³-hybridized carbons (Fsp3) is 0.200. The van der Waals surface area contributed by atoms with E-state index < -0.39 is 30.2 Å². The molecule has 0 aromatic heterocycles. The van der Waals surface area contributed by atoms with E-state index in [0.717, 1.165) is 27.2 Å². The van der Waals surface area contributed by atoms with E-state index in [2.05, 4.69) is 0 Å². The van der Waals surface area contributed by atoms with E-state index in [1.165, 1.54) is 21.6 Å². The maximum atomic E-state index is 15.1. The van der Waals surface area contributed by atoms with Crippen LogP contribution in [0.2, 0.25) is 0 Å². The number of hydrogen-bond donors (Lipinski definition) is 1. The molecule has 10 nitrogen and oxygen atoms in total. The zero-order valence-electron chi connectivity index (χ0n) is 34.3. The van der Waals surface area contributed by atoms with Gasteiger partial charge in [0.25, 0.3) is 0 Å². The van der Waals surface area contributed by atoms with Gasteiger partial charge in [0.2, 0.25) is 11.8 Å². The fourth-order valence-corrected chi connectivity index (χ4v) is 8.86. The molecule has 6 aromatic rings. The summed E-state index contributed by atoms with van der Waals surface area (Å²) in [5, 5.41) is 0. The molecule has 318 valence electrons. The van der Waals surface area contributed by atoms with Crippen molar-refractivity contribution in [3.63, 3.8) is 0 Å². The topological polar surface area (TPSA) is 122 Å². The van der Waals surface area contributed by atoms with Gasteiger partial charge in [-0.2, -0.15) is 4.90 Å². The van der Waals surface area contributed by atoms with Gasteiger partial charge in [0.15, 0.2) is 0 Å². The van der Waals surface area contributed by atoms with Crippen molar-refractivity contribution in [3.05, 3.63) is 215 Å². The van der Waals surface area contributed by atoms with Crippen LogP contribution in [0.4, 0.5) is 9.59 Å². The van der Waals surface area contributed by atoms with E-state index in [1.807, 2.05) is 158 Å². The van der Waals surface area contributed by atoms with Gasteiger partial charge in [-0.15, -0.1) is 0 Å². The molecule has 0 aliphatic carbocycles. The number of imide groups is 1. The molecule has 6 rings (SSSR count). The molecule has 0 radical (unpaired) electrons. The second-order valence-electron chi connectivity index (χ2n) is 14.5. The Hall–Kier alpha value is -6.34. The van der Waals surface area contributed by atoms with Crippen molar-refractivity contribution in [2.24, 2.45) is 5.73 Å². The number of amides is 4. The molecule has 1 unspecified atom stereocenters. The summed E-state index contributed by atoms with van der Waals surface area (Å²) in [6.07, 6.45) is -2.06. The Morgan fingerprint density at radius 2 is 0.710 bits per heavy atom. The number of ether oxygens (including phenoxy) is 2. The largest absolute Gasteiger partial charge is 0.444 e. The average Bonchev–Trinajstić information content (AvgIpc) is 3.32. The quantitative estimate of drug-likeness (QED) is 0.0591. The number of carbonyl (C=O) groups is 4. The molecule has 4 amide bonds. The molecule has 6 aromatic carbocycles. The van der Waals surface area contributed by atoms with Crippen LogP contribution in [0, 0.1) is 0 Å². The van der Waals surface area contributed by atoms with Gasteiger partial charge in [-0.05, 0) is 33.4 Å². The highest BCUT2D eigenvalue weighted by atomic mass is 33.1. The van der Waals surface area contributed by atoms with Crippen molar-refractivity contribution in [3.8, 4) is 0 Å². The third-order valence-corrected chi connectivity index (χ3v) is 12.2. The summed E-state index contributed by atoms with van der Waals surface area (Å²) in [5.41, 5.74) is 11.7. The molecule has 0 saturated heterocycles. The summed E-state index contributed by atoms with van der Waals surface area (Å²) in [6.45, 7) is 0.880. The van der Waals surface area contributed by atoms with Crippen LogP contribution in [0.15, 0.2) is 182 Å². The summed E-state index contributed by atoms with van der Waals surface area (Å²) in [7, 11) is 2.53. The normalized spacial score (nSPS) is 11.8. The lowest BCUT2D eigenvalue weighted by Crippen LogP contribution is -2.54. The zero-order chi connectivity index (χ0) is 43.4. The summed E-state index contributed by atoms with van der Waals surface area (Å²) < 4.78 is 11.5. The first-order valence-corrected chi connectivity index (χ1v) is 22.8. The van der Waals surface area contributed by atoms with Gasteiger partial charge >= 0.3 is 12.2 Å². The lowest BCUT2D eigenvalue weighted by atomic mass is 10.1. The maximum absolute atomic E-state index is 15.1. The predicted molar refractivity (Wildman–Crippen MR) is 246 cm³/mol. The molecular weight excluding hydrogens is 817 g/mol. The molecule has 12 heteroatoms. The van der Waals surface area contributed by atoms with Crippen molar-refractivity contribution < 1.29 is 28.7 Å². The first-order valence-electron chi connectivity index (χ1n) is 20.3. The van der Waals surface area contributed by atoms with Crippen molar-refractivity contribution in [2.75, 3.05) is 11.5 Å². The third kappa shape index (κ3) is 14.1. The number of rotatable bonds is 20. The summed E-state index contributed by atoms with van der Waals surface area (Å²) in [6, 6.07) is 54.4. The minimum absolute atomic E-state index is 0.0525. The Labute approximate surface area is 371 Å². The van der Waals surface area contributed by atoms with Gasteiger partial charge < -0.3 is 25.0 Å². The van der Waals surface area contributed by atoms with Crippen molar-refractivity contribution in [1.82, 2.24) is 14.7 Å².